The molecule has 0 atom stereocenters. The first-order valence-corrected chi connectivity index (χ1v) is 6.08. The molecule has 0 amide bonds. The number of hydrogen-bond acceptors (Lipinski definition) is 3. The molecule has 1 fully saturated rings. The number of thiazole rings is 1. The van der Waals surface area contributed by atoms with Gasteiger partial charge in [-0.05, 0) is 24.2 Å². The summed E-state index contributed by atoms with van der Waals surface area (Å²) in [7, 11) is 0. The first-order chi connectivity index (χ1) is 6.65. The van der Waals surface area contributed by atoms with Crippen molar-refractivity contribution in [3.05, 3.63) is 16.1 Å². The largest absolute Gasteiger partial charge is 0.396 e. The molecule has 1 N–H and O–H groups in total. The quantitative estimate of drug-likeness (QED) is 0.830. The van der Waals surface area contributed by atoms with Crippen molar-refractivity contribution in [2.75, 3.05) is 6.61 Å². The number of aliphatic hydroxyl groups excluding tert-OH is 1. The van der Waals surface area contributed by atoms with E-state index in [9.17, 15) is 5.11 Å². The van der Waals surface area contributed by atoms with Gasteiger partial charge in [0.05, 0.1) is 10.7 Å². The van der Waals surface area contributed by atoms with Crippen LogP contribution >= 0.6 is 11.3 Å². The third-order valence-electron chi connectivity index (χ3n) is 2.98. The number of nitrogens with zero attached hydrogens (tertiary/aromatic N) is 1. The smallest absolute Gasteiger partial charge is 0.0934 e. The van der Waals surface area contributed by atoms with Crippen molar-refractivity contribution in [3.63, 3.8) is 0 Å². The van der Waals surface area contributed by atoms with Crippen molar-refractivity contribution in [2.24, 2.45) is 5.41 Å². The molecule has 0 spiro atoms. The van der Waals surface area contributed by atoms with E-state index in [0.29, 0.717) is 12.5 Å². The van der Waals surface area contributed by atoms with E-state index in [1.807, 2.05) is 0 Å². The van der Waals surface area contributed by atoms with Crippen LogP contribution in [0.3, 0.4) is 0 Å². The Balaban J connectivity index is 2.03. The van der Waals surface area contributed by atoms with E-state index < -0.39 is 0 Å². The number of rotatable bonds is 4. The molecule has 78 valence electrons. The zero-order valence-corrected chi connectivity index (χ0v) is 9.60. The fraction of sp³-hybridized carbons (Fsp3) is 0.727. The molecule has 2 nitrogen and oxygen atoms in total. The Kier molecular flexibility index (Phi) is 2.62. The molecular formula is C11H17NOS. The Labute approximate surface area is 89.0 Å². The zero-order chi connectivity index (χ0) is 10.2. The summed E-state index contributed by atoms with van der Waals surface area (Å²) in [6.45, 7) is 4.65. The van der Waals surface area contributed by atoms with Crippen LogP contribution in [0.25, 0.3) is 0 Å². The van der Waals surface area contributed by atoms with E-state index in [-0.39, 0.29) is 5.41 Å². The lowest BCUT2D eigenvalue weighted by Gasteiger charge is -2.07. The van der Waals surface area contributed by atoms with Gasteiger partial charge in [0.1, 0.15) is 0 Å². The summed E-state index contributed by atoms with van der Waals surface area (Å²) >= 11 is 1.74. The minimum atomic E-state index is 0.200. The normalized spacial score (nSPS) is 18.9. The second-order valence-electron chi connectivity index (χ2n) is 4.66. The fourth-order valence-electron chi connectivity index (χ4n) is 1.56. The maximum absolute atomic E-state index is 9.21. The van der Waals surface area contributed by atoms with Crippen molar-refractivity contribution in [1.29, 1.82) is 0 Å². The van der Waals surface area contributed by atoms with Crippen LogP contribution in [0.4, 0.5) is 0 Å². The van der Waals surface area contributed by atoms with Crippen LogP contribution in [0.15, 0.2) is 5.38 Å². The second kappa shape index (κ2) is 3.63. The number of aliphatic hydroxyl groups is 1. The van der Waals surface area contributed by atoms with E-state index in [4.69, 9.17) is 0 Å². The lowest BCUT2D eigenvalue weighted by atomic mass is 10.1. The molecule has 2 rings (SSSR count). The minimum absolute atomic E-state index is 0.200. The maximum Gasteiger partial charge on any atom is 0.0934 e. The van der Waals surface area contributed by atoms with E-state index in [0.717, 1.165) is 6.42 Å². The summed E-state index contributed by atoms with van der Waals surface area (Å²) in [6, 6.07) is 0. The van der Waals surface area contributed by atoms with Crippen molar-refractivity contribution in [1.82, 2.24) is 4.98 Å². The summed E-state index contributed by atoms with van der Waals surface area (Å²) < 4.78 is 0. The molecule has 0 unspecified atom stereocenters. The van der Waals surface area contributed by atoms with Crippen LogP contribution in [0.1, 0.15) is 43.3 Å². The summed E-state index contributed by atoms with van der Waals surface area (Å²) in [5.74, 6) is 0.518. The maximum atomic E-state index is 9.21. The molecule has 0 aliphatic heterocycles. The molecule has 0 aromatic carbocycles. The van der Waals surface area contributed by atoms with Gasteiger partial charge in [-0.15, -0.1) is 11.3 Å². The summed E-state index contributed by atoms with van der Waals surface area (Å²) in [5, 5.41) is 12.6. The minimum Gasteiger partial charge on any atom is -0.396 e. The van der Waals surface area contributed by atoms with Crippen molar-refractivity contribution >= 4 is 11.3 Å². The van der Waals surface area contributed by atoms with Crippen LogP contribution in [0.2, 0.25) is 0 Å². The molecule has 14 heavy (non-hydrogen) atoms. The molecule has 1 aromatic heterocycles. The fourth-order valence-corrected chi connectivity index (χ4v) is 2.69. The molecular weight excluding hydrogens is 194 g/mol. The molecule has 1 aliphatic rings. The first-order valence-electron chi connectivity index (χ1n) is 5.20. The Bertz CT molecular complexity index is 315. The van der Waals surface area contributed by atoms with Crippen molar-refractivity contribution in [3.8, 4) is 0 Å². The van der Waals surface area contributed by atoms with E-state index >= 15 is 0 Å². The van der Waals surface area contributed by atoms with Gasteiger partial charge in [-0.1, -0.05) is 13.8 Å². The Morgan fingerprint density at radius 2 is 2.29 bits per heavy atom. The molecule has 1 saturated carbocycles. The summed E-state index contributed by atoms with van der Waals surface area (Å²) in [5.41, 5.74) is 1.39. The standard InChI is InChI=1S/C11H17NOS/c1-8(2)9-6-14-10(12-9)5-11(7-13)3-4-11/h6,8,13H,3-5,7H2,1-2H3. The number of hydrogen-bond donors (Lipinski definition) is 1. The average molecular weight is 211 g/mol. The summed E-state index contributed by atoms with van der Waals surface area (Å²) in [4.78, 5) is 4.59. The van der Waals surface area contributed by atoms with Crippen molar-refractivity contribution in [2.45, 2.75) is 39.0 Å². The van der Waals surface area contributed by atoms with Crippen molar-refractivity contribution < 1.29 is 5.11 Å². The van der Waals surface area contributed by atoms with Crippen LogP contribution in [-0.2, 0) is 6.42 Å². The van der Waals surface area contributed by atoms with E-state index in [1.54, 1.807) is 11.3 Å². The monoisotopic (exact) mass is 211 g/mol. The Hall–Kier alpha value is -0.410. The topological polar surface area (TPSA) is 33.1 Å². The van der Waals surface area contributed by atoms with E-state index in [1.165, 1.54) is 23.5 Å². The third-order valence-corrected chi connectivity index (χ3v) is 3.85. The van der Waals surface area contributed by atoms with Crippen LogP contribution in [-0.4, -0.2) is 16.7 Å². The molecule has 1 aromatic rings. The predicted octanol–water partition coefficient (Wildman–Crippen LogP) is 2.58. The lowest BCUT2D eigenvalue weighted by molar-refractivity contribution is 0.211. The van der Waals surface area contributed by atoms with Crippen LogP contribution in [0, 0.1) is 5.41 Å². The highest BCUT2D eigenvalue weighted by Gasteiger charge is 2.42. The zero-order valence-electron chi connectivity index (χ0n) is 8.79. The highest BCUT2D eigenvalue weighted by molar-refractivity contribution is 7.09. The van der Waals surface area contributed by atoms with Gasteiger partial charge in [-0.2, -0.15) is 0 Å². The van der Waals surface area contributed by atoms with Gasteiger partial charge in [-0.3, -0.25) is 0 Å². The molecule has 3 heteroatoms. The highest BCUT2D eigenvalue weighted by Crippen LogP contribution is 2.48. The number of aromatic nitrogens is 1. The van der Waals surface area contributed by atoms with Gasteiger partial charge in [0.15, 0.2) is 0 Å². The van der Waals surface area contributed by atoms with Gasteiger partial charge in [-0.25, -0.2) is 4.98 Å². The molecule has 1 aliphatic carbocycles. The van der Waals surface area contributed by atoms with Gasteiger partial charge < -0.3 is 5.11 Å². The average Bonchev–Trinajstić information content (AvgIpc) is 2.75. The molecule has 0 radical (unpaired) electrons. The van der Waals surface area contributed by atoms with Crippen LogP contribution < -0.4 is 0 Å². The van der Waals surface area contributed by atoms with Gasteiger partial charge in [0.25, 0.3) is 0 Å². The molecule has 1 heterocycles. The second-order valence-corrected chi connectivity index (χ2v) is 5.60. The molecule has 0 saturated heterocycles. The first kappa shape index (κ1) is 10.1. The highest BCUT2D eigenvalue weighted by atomic mass is 32.1. The lowest BCUT2D eigenvalue weighted by Crippen LogP contribution is -2.09. The van der Waals surface area contributed by atoms with Gasteiger partial charge in [0, 0.05) is 18.4 Å². The SMILES string of the molecule is CC(C)c1csc(CC2(CO)CC2)n1. The molecule has 0 bridgehead atoms. The third kappa shape index (κ3) is 1.98. The van der Waals surface area contributed by atoms with E-state index in [2.05, 4.69) is 24.2 Å². The van der Waals surface area contributed by atoms with Crippen LogP contribution in [0.5, 0.6) is 0 Å². The summed E-state index contributed by atoms with van der Waals surface area (Å²) in [6.07, 6.45) is 3.31. The van der Waals surface area contributed by atoms with Gasteiger partial charge in [0.2, 0.25) is 0 Å². The Morgan fingerprint density at radius 1 is 1.57 bits per heavy atom. The van der Waals surface area contributed by atoms with Gasteiger partial charge >= 0.3 is 0 Å². The predicted molar refractivity (Wildman–Crippen MR) is 58.7 cm³/mol. The Morgan fingerprint density at radius 3 is 2.71 bits per heavy atom.